The summed E-state index contributed by atoms with van der Waals surface area (Å²) < 4.78 is 1.23. The Hall–Kier alpha value is -2.29. The number of nitriles is 1. The molecule has 26 heavy (non-hydrogen) atoms. The number of rotatable bonds is 6. The Morgan fingerprint density at radius 2 is 2.04 bits per heavy atom. The van der Waals surface area contributed by atoms with Crippen LogP contribution in [-0.2, 0) is 6.54 Å². The Labute approximate surface area is 162 Å². The SMILES string of the molecule is CCCCCn1c(O)c(C=Nc2ccc(Cl)c(Cl)c2)c(C)c(C#N)c1=O. The maximum Gasteiger partial charge on any atom is 0.271 e. The minimum absolute atomic E-state index is 0.00915. The maximum atomic E-state index is 12.4. The second-order valence-corrected chi connectivity index (χ2v) is 6.68. The van der Waals surface area contributed by atoms with Gasteiger partial charge in [-0.25, -0.2) is 0 Å². The van der Waals surface area contributed by atoms with Crippen LogP contribution in [0.1, 0.15) is 42.9 Å². The summed E-state index contributed by atoms with van der Waals surface area (Å²) >= 11 is 11.9. The van der Waals surface area contributed by atoms with Crippen molar-refractivity contribution in [2.45, 2.75) is 39.7 Å². The lowest BCUT2D eigenvalue weighted by atomic mass is 10.1. The number of pyridine rings is 1. The van der Waals surface area contributed by atoms with Gasteiger partial charge in [-0.3, -0.25) is 14.4 Å². The predicted molar refractivity (Wildman–Crippen MR) is 105 cm³/mol. The summed E-state index contributed by atoms with van der Waals surface area (Å²) in [7, 11) is 0. The average molecular weight is 392 g/mol. The molecule has 1 N–H and O–H groups in total. The molecule has 136 valence electrons. The average Bonchev–Trinajstić information content (AvgIpc) is 2.61. The first-order valence-corrected chi connectivity index (χ1v) is 9.01. The minimum atomic E-state index is -0.481. The van der Waals surface area contributed by atoms with Gasteiger partial charge in [0.05, 0.1) is 21.3 Å². The summed E-state index contributed by atoms with van der Waals surface area (Å²) in [5.74, 6) is -0.189. The van der Waals surface area contributed by atoms with Crippen molar-refractivity contribution in [2.24, 2.45) is 4.99 Å². The molecule has 0 saturated carbocycles. The summed E-state index contributed by atoms with van der Waals surface area (Å²) in [4.78, 5) is 16.7. The number of aromatic hydroxyl groups is 1. The van der Waals surface area contributed by atoms with Gasteiger partial charge >= 0.3 is 0 Å². The highest BCUT2D eigenvalue weighted by Crippen LogP contribution is 2.27. The van der Waals surface area contributed by atoms with Crippen molar-refractivity contribution < 1.29 is 5.11 Å². The van der Waals surface area contributed by atoms with Crippen LogP contribution in [0.25, 0.3) is 0 Å². The summed E-state index contributed by atoms with van der Waals surface area (Å²) in [5.41, 5.74) is 0.801. The molecule has 0 atom stereocenters. The molecule has 5 nitrogen and oxygen atoms in total. The second kappa shape index (κ2) is 8.88. The number of halogens is 2. The van der Waals surface area contributed by atoms with Crippen LogP contribution in [-0.4, -0.2) is 15.9 Å². The lowest BCUT2D eigenvalue weighted by Crippen LogP contribution is -2.25. The molecule has 0 amide bonds. The number of hydrogen-bond donors (Lipinski definition) is 1. The van der Waals surface area contributed by atoms with Gasteiger partial charge in [0.1, 0.15) is 11.6 Å². The maximum absolute atomic E-state index is 12.4. The lowest BCUT2D eigenvalue weighted by molar-refractivity contribution is 0.398. The Morgan fingerprint density at radius 3 is 2.65 bits per heavy atom. The quantitative estimate of drug-likeness (QED) is 0.556. The van der Waals surface area contributed by atoms with Gasteiger partial charge in [0.25, 0.3) is 5.56 Å². The van der Waals surface area contributed by atoms with E-state index in [1.165, 1.54) is 10.8 Å². The normalized spacial score (nSPS) is 11.0. The van der Waals surface area contributed by atoms with Crippen LogP contribution >= 0.6 is 23.2 Å². The zero-order valence-electron chi connectivity index (χ0n) is 14.6. The molecular weight excluding hydrogens is 373 g/mol. The third kappa shape index (κ3) is 4.27. The van der Waals surface area contributed by atoms with E-state index in [9.17, 15) is 15.2 Å². The molecule has 0 spiro atoms. The van der Waals surface area contributed by atoms with E-state index in [2.05, 4.69) is 4.99 Å². The van der Waals surface area contributed by atoms with E-state index in [-0.39, 0.29) is 11.4 Å². The van der Waals surface area contributed by atoms with E-state index in [4.69, 9.17) is 23.2 Å². The molecule has 1 aromatic heterocycles. The summed E-state index contributed by atoms with van der Waals surface area (Å²) in [6, 6.07) is 6.83. The first-order chi connectivity index (χ1) is 12.4. The Bertz CT molecular complexity index is 943. The molecule has 0 unspecified atom stereocenters. The molecule has 2 rings (SSSR count). The summed E-state index contributed by atoms with van der Waals surface area (Å²) in [6.07, 6.45) is 4.08. The first kappa shape index (κ1) is 20.0. The van der Waals surface area contributed by atoms with E-state index in [0.29, 0.717) is 33.4 Å². The molecule has 2 aromatic rings. The minimum Gasteiger partial charge on any atom is -0.494 e. The fourth-order valence-electron chi connectivity index (χ4n) is 2.56. The molecule has 7 heteroatoms. The Balaban J connectivity index is 2.51. The van der Waals surface area contributed by atoms with Crippen molar-refractivity contribution in [3.63, 3.8) is 0 Å². The van der Waals surface area contributed by atoms with Gasteiger partial charge in [-0.1, -0.05) is 43.0 Å². The van der Waals surface area contributed by atoms with E-state index >= 15 is 0 Å². The van der Waals surface area contributed by atoms with Crippen LogP contribution in [0.4, 0.5) is 5.69 Å². The number of aromatic nitrogens is 1. The summed E-state index contributed by atoms with van der Waals surface area (Å²) in [5, 5.41) is 20.7. The van der Waals surface area contributed by atoms with E-state index < -0.39 is 5.56 Å². The molecule has 0 fully saturated rings. The summed E-state index contributed by atoms with van der Waals surface area (Å²) in [6.45, 7) is 4.02. The number of aliphatic imine (C=N–C) groups is 1. The van der Waals surface area contributed by atoms with Gasteiger partial charge in [0.2, 0.25) is 5.88 Å². The third-order valence-corrected chi connectivity index (χ3v) is 4.82. The topological polar surface area (TPSA) is 78.4 Å². The van der Waals surface area contributed by atoms with Crippen LogP contribution < -0.4 is 5.56 Å². The molecule has 0 aliphatic heterocycles. The molecule has 0 bridgehead atoms. The van der Waals surface area contributed by atoms with Crippen LogP contribution in [0.5, 0.6) is 5.88 Å². The van der Waals surface area contributed by atoms with Crippen LogP contribution in [0.3, 0.4) is 0 Å². The Kier molecular flexibility index (Phi) is 6.84. The molecule has 1 aromatic carbocycles. The van der Waals surface area contributed by atoms with E-state index in [0.717, 1.165) is 19.3 Å². The number of hydrogen-bond acceptors (Lipinski definition) is 4. The largest absolute Gasteiger partial charge is 0.494 e. The van der Waals surface area contributed by atoms with Gasteiger partial charge in [-0.05, 0) is 37.1 Å². The highest BCUT2D eigenvalue weighted by molar-refractivity contribution is 6.42. The van der Waals surface area contributed by atoms with Gasteiger partial charge in [0, 0.05) is 12.8 Å². The molecular formula is C19H19Cl2N3O2. The molecule has 0 saturated heterocycles. The number of unbranched alkanes of at least 4 members (excludes halogenated alkanes) is 2. The monoisotopic (exact) mass is 391 g/mol. The Morgan fingerprint density at radius 1 is 1.31 bits per heavy atom. The zero-order valence-corrected chi connectivity index (χ0v) is 16.1. The van der Waals surface area contributed by atoms with Crippen molar-refractivity contribution in [1.29, 1.82) is 5.26 Å². The number of nitrogens with zero attached hydrogens (tertiary/aromatic N) is 3. The highest BCUT2D eigenvalue weighted by Gasteiger charge is 2.17. The fourth-order valence-corrected chi connectivity index (χ4v) is 2.85. The fraction of sp³-hybridized carbons (Fsp3) is 0.316. The predicted octanol–water partition coefficient (Wildman–Crippen LogP) is 4.98. The van der Waals surface area contributed by atoms with Crippen molar-refractivity contribution in [3.05, 3.63) is 55.3 Å². The van der Waals surface area contributed by atoms with Gasteiger partial charge in [-0.15, -0.1) is 0 Å². The van der Waals surface area contributed by atoms with Crippen LogP contribution in [0.2, 0.25) is 10.0 Å². The molecule has 0 aliphatic rings. The van der Waals surface area contributed by atoms with Gasteiger partial charge in [-0.2, -0.15) is 5.26 Å². The van der Waals surface area contributed by atoms with Crippen molar-refractivity contribution in [1.82, 2.24) is 4.57 Å². The van der Waals surface area contributed by atoms with E-state index in [1.807, 2.05) is 13.0 Å². The van der Waals surface area contributed by atoms with Gasteiger partial charge < -0.3 is 5.11 Å². The lowest BCUT2D eigenvalue weighted by Gasteiger charge is -2.13. The highest BCUT2D eigenvalue weighted by atomic mass is 35.5. The molecule has 0 radical (unpaired) electrons. The van der Waals surface area contributed by atoms with Gasteiger partial charge in [0.15, 0.2) is 0 Å². The van der Waals surface area contributed by atoms with Crippen molar-refractivity contribution >= 4 is 35.1 Å². The third-order valence-electron chi connectivity index (χ3n) is 4.08. The van der Waals surface area contributed by atoms with Crippen LogP contribution in [0, 0.1) is 18.3 Å². The number of benzene rings is 1. The van der Waals surface area contributed by atoms with Crippen LogP contribution in [0.15, 0.2) is 28.0 Å². The standard InChI is InChI=1S/C19H19Cl2N3O2/c1-3-4-5-8-24-18(25)14(10-22)12(2)15(19(24)26)11-23-13-6-7-16(20)17(21)9-13/h6-7,9,11,26H,3-5,8H2,1-2H3. The van der Waals surface area contributed by atoms with Crippen molar-refractivity contribution in [2.75, 3.05) is 0 Å². The molecule has 1 heterocycles. The van der Waals surface area contributed by atoms with Crippen molar-refractivity contribution in [3.8, 4) is 11.9 Å². The molecule has 0 aliphatic carbocycles. The van der Waals surface area contributed by atoms with E-state index in [1.54, 1.807) is 25.1 Å². The first-order valence-electron chi connectivity index (χ1n) is 8.26. The second-order valence-electron chi connectivity index (χ2n) is 5.87. The zero-order chi connectivity index (χ0) is 19.3. The smallest absolute Gasteiger partial charge is 0.271 e.